The molecule has 0 unspecified atom stereocenters. The number of anilines is 3. The van der Waals surface area contributed by atoms with Gasteiger partial charge in [0.1, 0.15) is 11.2 Å². The first-order chi connectivity index (χ1) is 30.6. The molecular formula is C60H53BN2O. The molecule has 0 radical (unpaired) electrons. The van der Waals surface area contributed by atoms with Crippen LogP contribution in [-0.4, -0.2) is 11.3 Å². The van der Waals surface area contributed by atoms with E-state index in [1.165, 1.54) is 94.2 Å². The number of para-hydroxylation sites is 1. The van der Waals surface area contributed by atoms with E-state index in [9.17, 15) is 0 Å². The minimum absolute atomic E-state index is 0.00370. The number of nitrogens with zero attached hydrogens (tertiary/aromatic N) is 2. The number of benzene rings is 8. The van der Waals surface area contributed by atoms with Crippen LogP contribution in [0.4, 0.5) is 17.1 Å². The highest BCUT2D eigenvalue weighted by molar-refractivity contribution is 6.90. The van der Waals surface area contributed by atoms with Crippen molar-refractivity contribution in [1.82, 2.24) is 4.48 Å². The van der Waals surface area contributed by atoms with Crippen LogP contribution in [0.15, 0.2) is 162 Å². The monoisotopic (exact) mass is 828 g/mol. The second-order valence-corrected chi connectivity index (χ2v) is 21.4. The predicted molar refractivity (Wildman–Crippen MR) is 274 cm³/mol. The summed E-state index contributed by atoms with van der Waals surface area (Å²) in [6.45, 7) is 20.9. The number of hydrogen-bond donors (Lipinski definition) is 0. The number of hydrogen-bond acceptors (Lipinski definition) is 2. The molecule has 0 atom stereocenters. The normalized spacial score (nSPS) is 13.6. The summed E-state index contributed by atoms with van der Waals surface area (Å²) in [7, 11) is 0. The summed E-state index contributed by atoms with van der Waals surface area (Å²) in [5, 5.41) is 4.89. The Labute approximate surface area is 377 Å². The smallest absolute Gasteiger partial charge is 0.333 e. The molecule has 0 amide bonds. The third kappa shape index (κ3) is 5.74. The van der Waals surface area contributed by atoms with Gasteiger partial charge in [0.2, 0.25) is 0 Å². The van der Waals surface area contributed by atoms with Crippen LogP contribution >= 0.6 is 0 Å². The lowest BCUT2D eigenvalue weighted by Crippen LogP contribution is -2.57. The van der Waals surface area contributed by atoms with Gasteiger partial charge in [0, 0.05) is 60.8 Å². The van der Waals surface area contributed by atoms with Crippen molar-refractivity contribution >= 4 is 78.6 Å². The third-order valence-corrected chi connectivity index (χ3v) is 14.2. The number of aromatic nitrogens is 1. The number of fused-ring (bicyclic) bond motifs is 11. The van der Waals surface area contributed by atoms with Gasteiger partial charge in [0.15, 0.2) is 0 Å². The Kier molecular flexibility index (Phi) is 8.12. The van der Waals surface area contributed by atoms with Crippen LogP contribution in [0.1, 0.15) is 79.0 Å². The number of furan rings is 1. The summed E-state index contributed by atoms with van der Waals surface area (Å²) in [4.78, 5) is 2.58. The first-order valence-electron chi connectivity index (χ1n) is 23.0. The maximum atomic E-state index is 7.17. The van der Waals surface area contributed by atoms with Crippen molar-refractivity contribution in [2.45, 2.75) is 78.6 Å². The molecule has 2 aliphatic rings. The summed E-state index contributed by atoms with van der Waals surface area (Å²) in [6.07, 6.45) is 0. The molecule has 0 saturated carbocycles. The van der Waals surface area contributed by atoms with E-state index in [2.05, 4.69) is 229 Å². The largest absolute Gasteiger partial charge is 0.455 e. The molecule has 4 heteroatoms. The molecule has 3 nitrogen and oxygen atoms in total. The van der Waals surface area contributed by atoms with Crippen LogP contribution in [0.2, 0.25) is 0 Å². The molecule has 312 valence electrons. The van der Waals surface area contributed by atoms with Gasteiger partial charge >= 0.3 is 6.85 Å². The van der Waals surface area contributed by atoms with E-state index in [0.717, 1.165) is 27.6 Å². The topological polar surface area (TPSA) is 21.3 Å². The molecule has 64 heavy (non-hydrogen) atoms. The van der Waals surface area contributed by atoms with E-state index in [1.54, 1.807) is 0 Å². The standard InChI is InChI=1S/C60H53BN2O/c1-58(2,3)40-24-26-50-45(31-40)46-32-42(60(7,8)9)33-48-54-55-52(35-47-44-22-16-17-23-53(44)64-57(47)54)62(51-27-25-41(59(4,5)6)34-49(51)61(55)63(50)56(46)48)43-29-38(36-18-12-10-13-19-36)28-39(30-43)37-20-14-11-15-21-37/h10-35H,1-9H3. The third-order valence-electron chi connectivity index (χ3n) is 14.2. The number of rotatable bonds is 3. The van der Waals surface area contributed by atoms with Crippen LogP contribution in [0.3, 0.4) is 0 Å². The fraction of sp³-hybridized carbons (Fsp3) is 0.200. The average molecular weight is 829 g/mol. The summed E-state index contributed by atoms with van der Waals surface area (Å²) in [6, 6.07) is 59.5. The predicted octanol–water partition coefficient (Wildman–Crippen LogP) is 15.3. The van der Waals surface area contributed by atoms with E-state index in [4.69, 9.17) is 4.42 Å². The molecule has 0 bridgehead atoms. The molecule has 0 saturated heterocycles. The molecule has 0 fully saturated rings. The van der Waals surface area contributed by atoms with Gasteiger partial charge in [-0.05, 0) is 127 Å². The van der Waals surface area contributed by atoms with E-state index in [0.29, 0.717) is 0 Å². The summed E-state index contributed by atoms with van der Waals surface area (Å²) < 4.78 is 9.87. The SMILES string of the molecule is CC(C)(C)c1ccc2c(c1)B1c3c(cc4c(oc5ccccc54)c3-c3cc(C(C)(C)C)cc4c5cc(C(C)(C)C)ccc5n1c34)N2c1cc(-c2ccccc2)cc(-c2ccccc2)c1. The zero-order chi connectivity index (χ0) is 44.0. The molecule has 0 spiro atoms. The molecule has 0 N–H and O–H groups in total. The van der Waals surface area contributed by atoms with Crippen molar-refractivity contribution in [2.24, 2.45) is 0 Å². The molecule has 0 aliphatic carbocycles. The maximum Gasteiger partial charge on any atom is 0.333 e. The molecule has 2 aromatic heterocycles. The fourth-order valence-corrected chi connectivity index (χ4v) is 10.7. The lowest BCUT2D eigenvalue weighted by molar-refractivity contribution is 0.590. The van der Waals surface area contributed by atoms with Crippen molar-refractivity contribution in [3.63, 3.8) is 0 Å². The first-order valence-corrected chi connectivity index (χ1v) is 23.0. The van der Waals surface area contributed by atoms with E-state index in [1.807, 2.05) is 0 Å². The fourth-order valence-electron chi connectivity index (χ4n) is 10.7. The summed E-state index contributed by atoms with van der Waals surface area (Å²) >= 11 is 0. The van der Waals surface area contributed by atoms with Crippen molar-refractivity contribution in [3.8, 4) is 33.4 Å². The van der Waals surface area contributed by atoms with Gasteiger partial charge in [-0.3, -0.25) is 0 Å². The van der Waals surface area contributed by atoms with E-state index in [-0.39, 0.29) is 23.1 Å². The van der Waals surface area contributed by atoms with E-state index < -0.39 is 0 Å². The van der Waals surface area contributed by atoms with E-state index >= 15 is 0 Å². The molecule has 8 aromatic carbocycles. The first kappa shape index (κ1) is 38.9. The summed E-state index contributed by atoms with van der Waals surface area (Å²) in [5.41, 5.74) is 21.5. The van der Waals surface area contributed by atoms with Gasteiger partial charge < -0.3 is 13.8 Å². The van der Waals surface area contributed by atoms with Gasteiger partial charge in [-0.25, -0.2) is 0 Å². The Balaban J connectivity index is 1.28. The second-order valence-electron chi connectivity index (χ2n) is 21.4. The minimum atomic E-state index is -0.115. The van der Waals surface area contributed by atoms with Crippen LogP contribution in [0.5, 0.6) is 0 Å². The van der Waals surface area contributed by atoms with Crippen LogP contribution in [0, 0.1) is 0 Å². The van der Waals surface area contributed by atoms with Gasteiger partial charge in [0.25, 0.3) is 0 Å². The van der Waals surface area contributed by atoms with Gasteiger partial charge in [-0.2, -0.15) is 0 Å². The van der Waals surface area contributed by atoms with Crippen molar-refractivity contribution in [1.29, 1.82) is 0 Å². The van der Waals surface area contributed by atoms with Crippen LogP contribution in [-0.2, 0) is 16.2 Å². The van der Waals surface area contributed by atoms with Crippen LogP contribution in [0.25, 0.3) is 77.1 Å². The maximum absolute atomic E-state index is 7.17. The molecule has 2 aliphatic heterocycles. The quantitative estimate of drug-likeness (QED) is 0.165. The van der Waals surface area contributed by atoms with Crippen molar-refractivity contribution < 1.29 is 4.42 Å². The Bertz CT molecular complexity index is 3490. The molecular weight excluding hydrogens is 775 g/mol. The lowest BCUT2D eigenvalue weighted by atomic mass is 9.44. The molecule has 12 rings (SSSR count). The minimum Gasteiger partial charge on any atom is -0.455 e. The second kappa shape index (κ2) is 13.4. The van der Waals surface area contributed by atoms with Crippen molar-refractivity contribution in [2.75, 3.05) is 4.90 Å². The Hall–Kier alpha value is -6.78. The highest BCUT2D eigenvalue weighted by Crippen LogP contribution is 2.51. The Morgan fingerprint density at radius 1 is 0.453 bits per heavy atom. The van der Waals surface area contributed by atoms with Crippen LogP contribution < -0.4 is 15.8 Å². The summed E-state index contributed by atoms with van der Waals surface area (Å²) in [5.74, 6) is 0. The highest BCUT2D eigenvalue weighted by Gasteiger charge is 2.45. The highest BCUT2D eigenvalue weighted by atomic mass is 16.3. The van der Waals surface area contributed by atoms with Gasteiger partial charge in [-0.1, -0.05) is 159 Å². The molecule has 10 aromatic rings. The zero-order valence-corrected chi connectivity index (χ0v) is 38.4. The van der Waals surface area contributed by atoms with Crippen molar-refractivity contribution in [3.05, 3.63) is 174 Å². The molecule has 4 heterocycles. The Morgan fingerprint density at radius 3 is 1.70 bits per heavy atom. The zero-order valence-electron chi connectivity index (χ0n) is 38.4. The average Bonchev–Trinajstić information content (AvgIpc) is 3.82. The lowest BCUT2D eigenvalue weighted by Gasteiger charge is -2.41. The Morgan fingerprint density at radius 2 is 1.05 bits per heavy atom. The van der Waals surface area contributed by atoms with Gasteiger partial charge in [-0.15, -0.1) is 0 Å². The van der Waals surface area contributed by atoms with Gasteiger partial charge in [0.05, 0.1) is 0 Å².